The predicted molar refractivity (Wildman–Crippen MR) is 80.9 cm³/mol. The number of nitrogens with two attached hydrogens (primary N) is 1. The summed E-state index contributed by atoms with van der Waals surface area (Å²) in [6.45, 7) is 10.4. The van der Waals surface area contributed by atoms with Gasteiger partial charge < -0.3 is 20.1 Å². The molecule has 0 amide bonds. The van der Waals surface area contributed by atoms with Crippen molar-refractivity contribution in [2.24, 2.45) is 11.7 Å². The normalized spacial score (nSPS) is 12.2. The number of rotatable bonds is 11. The molecule has 0 saturated heterocycles. The molecule has 4 heteroatoms. The molecule has 0 aliphatic heterocycles. The van der Waals surface area contributed by atoms with Crippen molar-refractivity contribution in [1.29, 1.82) is 0 Å². The fraction of sp³-hybridized carbons (Fsp3) is 1.00. The number of hydrogen-bond donors (Lipinski definition) is 1. The molecule has 0 radical (unpaired) electrons. The van der Waals surface area contributed by atoms with E-state index in [1.165, 1.54) is 12.8 Å². The summed E-state index contributed by atoms with van der Waals surface area (Å²) in [7, 11) is 3.89. The van der Waals surface area contributed by atoms with Crippen molar-refractivity contribution >= 4 is 0 Å². The minimum Gasteiger partial charge on any atom is -0.383 e. The van der Waals surface area contributed by atoms with Crippen LogP contribution in [0.4, 0.5) is 0 Å². The standard InChI is InChI=1S/C12H28N2O2.C2H6.H2/c1-12(5-4-9-16-11-13)6-7-14(2)8-10-15-3;1-2;/h12H,4-11,13H2,1-3H3;1-2H3;1H/t12-;;/m0../s1. The quantitative estimate of drug-likeness (QED) is 0.460. The van der Waals surface area contributed by atoms with E-state index in [-0.39, 0.29) is 1.43 Å². The van der Waals surface area contributed by atoms with Crippen LogP contribution in [0.1, 0.15) is 41.5 Å². The van der Waals surface area contributed by atoms with Gasteiger partial charge in [-0.25, -0.2) is 0 Å². The van der Waals surface area contributed by atoms with Crippen LogP contribution < -0.4 is 5.73 Å². The Morgan fingerprint density at radius 1 is 1.17 bits per heavy atom. The van der Waals surface area contributed by atoms with E-state index < -0.39 is 0 Å². The van der Waals surface area contributed by atoms with E-state index in [0.29, 0.717) is 6.73 Å². The molecule has 18 heavy (non-hydrogen) atoms. The molecule has 2 N–H and O–H groups in total. The lowest BCUT2D eigenvalue weighted by Gasteiger charge is -2.18. The molecule has 1 atom stereocenters. The van der Waals surface area contributed by atoms with Gasteiger partial charge >= 0.3 is 0 Å². The van der Waals surface area contributed by atoms with E-state index in [1.54, 1.807) is 7.11 Å². The maximum absolute atomic E-state index is 5.25. The third-order valence-corrected chi connectivity index (χ3v) is 2.78. The lowest BCUT2D eigenvalue weighted by atomic mass is 10.0. The highest BCUT2D eigenvalue weighted by molar-refractivity contribution is 4.58. The summed E-state index contributed by atoms with van der Waals surface area (Å²) >= 11 is 0. The van der Waals surface area contributed by atoms with Gasteiger partial charge in [0.2, 0.25) is 0 Å². The first-order valence-electron chi connectivity index (χ1n) is 7.16. The first-order valence-corrected chi connectivity index (χ1v) is 7.16. The zero-order valence-corrected chi connectivity index (χ0v) is 13.1. The molecule has 0 aromatic rings. The van der Waals surface area contributed by atoms with E-state index in [4.69, 9.17) is 15.2 Å². The van der Waals surface area contributed by atoms with E-state index in [0.717, 1.165) is 38.6 Å². The molecule has 0 spiro atoms. The fourth-order valence-electron chi connectivity index (χ4n) is 1.56. The number of methoxy groups -OCH3 is 1. The van der Waals surface area contributed by atoms with Gasteiger partial charge in [-0.2, -0.15) is 0 Å². The topological polar surface area (TPSA) is 47.7 Å². The SMILES string of the molecule is CC.COCCN(C)CC[C@@H](C)CCCOCN.[HH]. The van der Waals surface area contributed by atoms with Crippen LogP contribution in [0.3, 0.4) is 0 Å². The molecule has 114 valence electrons. The summed E-state index contributed by atoms with van der Waals surface area (Å²) in [5.74, 6) is 0.756. The second-order valence-electron chi connectivity index (χ2n) is 4.41. The van der Waals surface area contributed by atoms with Crippen molar-refractivity contribution in [2.75, 3.05) is 47.2 Å². The smallest absolute Gasteiger partial charge is 0.0940 e. The van der Waals surface area contributed by atoms with Gasteiger partial charge in [0.1, 0.15) is 0 Å². The van der Waals surface area contributed by atoms with Gasteiger partial charge in [0, 0.05) is 21.7 Å². The second kappa shape index (κ2) is 16.8. The summed E-state index contributed by atoms with van der Waals surface area (Å²) in [6.07, 6.45) is 3.57. The summed E-state index contributed by atoms with van der Waals surface area (Å²) in [6, 6.07) is 0. The minimum atomic E-state index is 0. The summed E-state index contributed by atoms with van der Waals surface area (Å²) in [5, 5.41) is 0. The molecule has 0 aromatic carbocycles. The van der Waals surface area contributed by atoms with Crippen molar-refractivity contribution in [3.8, 4) is 0 Å². The van der Waals surface area contributed by atoms with Crippen molar-refractivity contribution in [1.82, 2.24) is 4.90 Å². The average molecular weight is 264 g/mol. The molecule has 0 rings (SSSR count). The minimum absolute atomic E-state index is 0. The fourth-order valence-corrected chi connectivity index (χ4v) is 1.56. The highest BCUT2D eigenvalue weighted by Gasteiger charge is 2.04. The average Bonchev–Trinajstić information content (AvgIpc) is 2.41. The first-order chi connectivity index (χ1) is 8.70. The van der Waals surface area contributed by atoms with Crippen molar-refractivity contribution < 1.29 is 10.9 Å². The van der Waals surface area contributed by atoms with Gasteiger partial charge in [-0.3, -0.25) is 0 Å². The van der Waals surface area contributed by atoms with Crippen LogP contribution in [-0.4, -0.2) is 52.1 Å². The van der Waals surface area contributed by atoms with E-state index >= 15 is 0 Å². The van der Waals surface area contributed by atoms with Gasteiger partial charge in [-0.1, -0.05) is 20.8 Å². The molecule has 4 nitrogen and oxygen atoms in total. The van der Waals surface area contributed by atoms with Crippen LogP contribution in [0.25, 0.3) is 0 Å². The number of likely N-dealkylation sites (N-methyl/N-ethyl adjacent to an activating group) is 1. The molecular weight excluding hydrogens is 228 g/mol. The van der Waals surface area contributed by atoms with Crippen LogP contribution in [0.15, 0.2) is 0 Å². The Balaban J connectivity index is -0.000000809. The van der Waals surface area contributed by atoms with Gasteiger partial charge in [-0.15, -0.1) is 0 Å². The van der Waals surface area contributed by atoms with Crippen LogP contribution in [-0.2, 0) is 9.47 Å². The molecule has 0 aliphatic rings. The Bertz CT molecular complexity index is 151. The Labute approximate surface area is 115 Å². The van der Waals surface area contributed by atoms with E-state index in [9.17, 15) is 0 Å². The van der Waals surface area contributed by atoms with Gasteiger partial charge in [0.05, 0.1) is 13.3 Å². The van der Waals surface area contributed by atoms with Gasteiger partial charge in [0.25, 0.3) is 0 Å². The van der Waals surface area contributed by atoms with Crippen LogP contribution in [0.5, 0.6) is 0 Å². The summed E-state index contributed by atoms with van der Waals surface area (Å²) < 4.78 is 10.2. The lowest BCUT2D eigenvalue weighted by Crippen LogP contribution is -2.25. The van der Waals surface area contributed by atoms with Crippen LogP contribution in [0.2, 0.25) is 0 Å². The molecule has 0 aromatic heterocycles. The zero-order valence-electron chi connectivity index (χ0n) is 13.1. The number of nitrogens with zero attached hydrogens (tertiary/aromatic N) is 1. The maximum atomic E-state index is 5.25. The Hall–Kier alpha value is -0.160. The number of ether oxygens (including phenoxy) is 2. The molecule has 0 aliphatic carbocycles. The second-order valence-corrected chi connectivity index (χ2v) is 4.41. The van der Waals surface area contributed by atoms with Crippen LogP contribution in [0, 0.1) is 5.92 Å². The van der Waals surface area contributed by atoms with E-state index in [2.05, 4.69) is 18.9 Å². The summed E-state index contributed by atoms with van der Waals surface area (Å²) in [4.78, 5) is 2.32. The molecular formula is C14H36N2O2. The Morgan fingerprint density at radius 3 is 2.39 bits per heavy atom. The van der Waals surface area contributed by atoms with Gasteiger partial charge in [-0.05, 0) is 38.8 Å². The Morgan fingerprint density at radius 2 is 1.83 bits per heavy atom. The van der Waals surface area contributed by atoms with Crippen molar-refractivity contribution in [3.05, 3.63) is 0 Å². The third-order valence-electron chi connectivity index (χ3n) is 2.78. The number of hydrogen-bond acceptors (Lipinski definition) is 4. The van der Waals surface area contributed by atoms with Crippen molar-refractivity contribution in [3.63, 3.8) is 0 Å². The monoisotopic (exact) mass is 264 g/mol. The van der Waals surface area contributed by atoms with Crippen LogP contribution >= 0.6 is 0 Å². The zero-order chi connectivity index (χ0) is 14.2. The lowest BCUT2D eigenvalue weighted by molar-refractivity contribution is 0.131. The van der Waals surface area contributed by atoms with Crippen molar-refractivity contribution in [2.45, 2.75) is 40.0 Å². The predicted octanol–water partition coefficient (Wildman–Crippen LogP) is 2.58. The molecule has 0 bridgehead atoms. The first kappa shape index (κ1) is 20.2. The highest BCUT2D eigenvalue weighted by atomic mass is 16.5. The molecule has 0 fully saturated rings. The van der Waals surface area contributed by atoms with Gasteiger partial charge in [0.15, 0.2) is 0 Å². The van der Waals surface area contributed by atoms with E-state index in [1.807, 2.05) is 13.8 Å². The Kier molecular flexibility index (Phi) is 18.9. The highest BCUT2D eigenvalue weighted by Crippen LogP contribution is 2.10. The summed E-state index contributed by atoms with van der Waals surface area (Å²) in [5.41, 5.74) is 5.25. The molecule has 0 heterocycles. The third kappa shape index (κ3) is 15.8. The largest absolute Gasteiger partial charge is 0.383 e. The maximum Gasteiger partial charge on any atom is 0.0940 e. The molecule has 0 unspecified atom stereocenters. The molecule has 0 saturated carbocycles.